The van der Waals surface area contributed by atoms with Crippen LogP contribution in [0.3, 0.4) is 0 Å². The van der Waals surface area contributed by atoms with Gasteiger partial charge in [-0.2, -0.15) is 0 Å². The molecule has 0 aliphatic heterocycles. The maximum atomic E-state index is 5.21. The van der Waals surface area contributed by atoms with Gasteiger partial charge in [0.25, 0.3) is 0 Å². The zero-order chi connectivity index (χ0) is 6.53. The van der Waals surface area contributed by atoms with Gasteiger partial charge in [0.1, 0.15) is 5.75 Å². The molecule has 12 heavy (non-hydrogen) atoms. The van der Waals surface area contributed by atoms with E-state index in [-0.39, 0.29) is 44.6 Å². The Kier molecular flexibility index (Phi) is 17.0. The number of hydrogen-bond acceptors (Lipinski definition) is 1. The molecule has 0 unspecified atom stereocenters. The summed E-state index contributed by atoms with van der Waals surface area (Å²) in [5.41, 5.74) is 0. The number of rotatable bonds is 2. The van der Waals surface area contributed by atoms with Crippen molar-refractivity contribution in [3.8, 4) is 5.75 Å². The van der Waals surface area contributed by atoms with E-state index < -0.39 is 0 Å². The van der Waals surface area contributed by atoms with Crippen LogP contribution in [0.1, 0.15) is 6.92 Å². The van der Waals surface area contributed by atoms with E-state index in [1.165, 1.54) is 0 Å². The summed E-state index contributed by atoms with van der Waals surface area (Å²) in [6, 6.07) is 9.80. The molecule has 0 saturated carbocycles. The maximum Gasteiger partial charge on any atom is 2.00 e. The van der Waals surface area contributed by atoms with E-state index in [9.17, 15) is 0 Å². The second kappa shape index (κ2) is 11.2. The normalized spacial score (nSPS) is 6.75. The van der Waals surface area contributed by atoms with Gasteiger partial charge in [-0.1, -0.05) is 18.2 Å². The Balaban J connectivity index is -0.000000270. The molecule has 0 fully saturated rings. The van der Waals surface area contributed by atoms with E-state index in [0.29, 0.717) is 0 Å². The van der Waals surface area contributed by atoms with Crippen LogP contribution in [-0.2, 0) is 19.8 Å². The van der Waals surface area contributed by atoms with Gasteiger partial charge < -0.3 is 29.6 Å². The van der Waals surface area contributed by atoms with Crippen molar-refractivity contribution >= 4 is 0 Å². The van der Waals surface area contributed by atoms with E-state index in [1.807, 2.05) is 37.3 Å². The fourth-order valence-corrected chi connectivity index (χ4v) is 0.683. The molecule has 0 atom stereocenters. The van der Waals surface area contributed by atoms with Crippen LogP contribution < -0.4 is 29.6 Å². The van der Waals surface area contributed by atoms with E-state index >= 15 is 0 Å². The number of para-hydroxylation sites is 1. The Morgan fingerprint density at radius 3 is 2.00 bits per heavy atom. The first-order chi connectivity index (χ1) is 4.43. The quantitative estimate of drug-likeness (QED) is 0.508. The minimum absolute atomic E-state index is 0. The largest absolute Gasteiger partial charge is 2.00 e. The van der Waals surface area contributed by atoms with Crippen LogP contribution in [0.15, 0.2) is 30.3 Å². The SMILES string of the molecule is CCOc1ccccc1.[Cl-].[Cl-].[Os+2]. The number of benzene rings is 1. The molecule has 0 amide bonds. The third-order valence-electron chi connectivity index (χ3n) is 1.05. The Morgan fingerprint density at radius 1 is 1.08 bits per heavy atom. The van der Waals surface area contributed by atoms with Crippen molar-refractivity contribution in [1.29, 1.82) is 0 Å². The fourth-order valence-electron chi connectivity index (χ4n) is 0.683. The monoisotopic (exact) mass is 384 g/mol. The zero-order valence-corrected chi connectivity index (χ0v) is 10.7. The zero-order valence-electron chi connectivity index (χ0n) is 6.61. The van der Waals surface area contributed by atoms with Crippen LogP contribution in [0, 0.1) is 0 Å². The molecular formula is C8H10Cl2OOs. The number of halogens is 2. The molecule has 0 aromatic heterocycles. The molecule has 0 spiro atoms. The predicted molar refractivity (Wildman–Crippen MR) is 37.6 cm³/mol. The molecule has 1 aromatic rings. The minimum Gasteiger partial charge on any atom is -1.00 e. The Morgan fingerprint density at radius 2 is 1.58 bits per heavy atom. The van der Waals surface area contributed by atoms with Gasteiger partial charge in [0.2, 0.25) is 0 Å². The molecule has 0 bridgehead atoms. The van der Waals surface area contributed by atoms with E-state index in [2.05, 4.69) is 0 Å². The summed E-state index contributed by atoms with van der Waals surface area (Å²) >= 11 is 0. The second-order valence-corrected chi connectivity index (χ2v) is 1.75. The molecule has 0 radical (unpaired) electrons. The van der Waals surface area contributed by atoms with Gasteiger partial charge in [-0.3, -0.25) is 0 Å². The van der Waals surface area contributed by atoms with Crippen LogP contribution >= 0.6 is 0 Å². The van der Waals surface area contributed by atoms with Gasteiger partial charge >= 0.3 is 19.8 Å². The standard InChI is InChI=1S/C8H10O.2ClH.Os/c1-2-9-8-6-4-3-5-7-8;;;/h3-7H,2H2,1H3;2*1H;/q;;;+2/p-2. The molecule has 1 nitrogen and oxygen atoms in total. The van der Waals surface area contributed by atoms with Gasteiger partial charge in [0, 0.05) is 0 Å². The van der Waals surface area contributed by atoms with Crippen molar-refractivity contribution in [2.45, 2.75) is 6.92 Å². The maximum absolute atomic E-state index is 5.21. The van der Waals surface area contributed by atoms with Crippen molar-refractivity contribution in [2.24, 2.45) is 0 Å². The average molecular weight is 383 g/mol. The van der Waals surface area contributed by atoms with Crippen molar-refractivity contribution < 1.29 is 49.3 Å². The molecule has 0 aliphatic carbocycles. The summed E-state index contributed by atoms with van der Waals surface area (Å²) in [5.74, 6) is 0.944. The molecule has 0 heterocycles. The van der Waals surface area contributed by atoms with E-state index in [4.69, 9.17) is 4.74 Å². The predicted octanol–water partition coefficient (Wildman–Crippen LogP) is -3.91. The van der Waals surface area contributed by atoms with E-state index in [0.717, 1.165) is 12.4 Å². The molecule has 0 N–H and O–H groups in total. The summed E-state index contributed by atoms with van der Waals surface area (Å²) in [6.45, 7) is 2.72. The number of hydrogen-bond donors (Lipinski definition) is 0. The smallest absolute Gasteiger partial charge is 1.00 e. The Bertz CT molecular complexity index is 170. The molecule has 4 heteroatoms. The summed E-state index contributed by atoms with van der Waals surface area (Å²) in [7, 11) is 0. The van der Waals surface area contributed by atoms with Crippen molar-refractivity contribution in [3.05, 3.63) is 30.3 Å². The molecule has 1 aromatic carbocycles. The van der Waals surface area contributed by atoms with Gasteiger partial charge in [-0.05, 0) is 19.1 Å². The third kappa shape index (κ3) is 6.92. The first-order valence-electron chi connectivity index (χ1n) is 3.11. The van der Waals surface area contributed by atoms with Crippen LogP contribution in [0.2, 0.25) is 0 Å². The van der Waals surface area contributed by atoms with Crippen molar-refractivity contribution in [1.82, 2.24) is 0 Å². The minimum atomic E-state index is 0. The molecule has 0 saturated heterocycles. The molecule has 0 aliphatic rings. The summed E-state index contributed by atoms with van der Waals surface area (Å²) in [5, 5.41) is 0. The molecule has 1 rings (SSSR count). The summed E-state index contributed by atoms with van der Waals surface area (Å²) in [4.78, 5) is 0. The average Bonchev–Trinajstić information content (AvgIpc) is 1.91. The van der Waals surface area contributed by atoms with Gasteiger partial charge in [-0.25, -0.2) is 0 Å². The third-order valence-corrected chi connectivity index (χ3v) is 1.05. The van der Waals surface area contributed by atoms with Crippen molar-refractivity contribution in [3.63, 3.8) is 0 Å². The van der Waals surface area contributed by atoms with Gasteiger partial charge in [0.05, 0.1) is 6.61 Å². The first kappa shape index (κ1) is 18.1. The van der Waals surface area contributed by atoms with E-state index in [1.54, 1.807) is 0 Å². The number of ether oxygens (including phenoxy) is 1. The summed E-state index contributed by atoms with van der Waals surface area (Å²) < 4.78 is 5.21. The Labute approximate surface area is 98.8 Å². The molecule has 70 valence electrons. The van der Waals surface area contributed by atoms with Crippen LogP contribution in [0.25, 0.3) is 0 Å². The van der Waals surface area contributed by atoms with Crippen LogP contribution in [0.4, 0.5) is 0 Å². The fraction of sp³-hybridized carbons (Fsp3) is 0.250. The van der Waals surface area contributed by atoms with Gasteiger partial charge in [0.15, 0.2) is 0 Å². The topological polar surface area (TPSA) is 9.23 Å². The van der Waals surface area contributed by atoms with Gasteiger partial charge in [-0.15, -0.1) is 0 Å². The Hall–Kier alpha value is 0.236. The van der Waals surface area contributed by atoms with Crippen LogP contribution in [0.5, 0.6) is 5.75 Å². The first-order valence-corrected chi connectivity index (χ1v) is 3.11. The van der Waals surface area contributed by atoms with Crippen LogP contribution in [-0.4, -0.2) is 6.61 Å². The molecular weight excluding hydrogens is 373 g/mol. The second-order valence-electron chi connectivity index (χ2n) is 1.75. The van der Waals surface area contributed by atoms with Crippen molar-refractivity contribution in [2.75, 3.05) is 6.61 Å². The summed E-state index contributed by atoms with van der Waals surface area (Å²) in [6.07, 6.45) is 0.